The maximum atomic E-state index is 14.1. The maximum absolute atomic E-state index is 14.1. The highest BCUT2D eigenvalue weighted by Crippen LogP contribution is 2.31. The Balaban J connectivity index is 1.88. The Morgan fingerprint density at radius 3 is 2.64 bits per heavy atom. The van der Waals surface area contributed by atoms with Crippen LogP contribution in [0.2, 0.25) is 5.28 Å². The van der Waals surface area contributed by atoms with Crippen LogP contribution in [0.15, 0.2) is 53.6 Å². The summed E-state index contributed by atoms with van der Waals surface area (Å²) in [6.07, 6.45) is 0.957. The van der Waals surface area contributed by atoms with Crippen molar-refractivity contribution < 1.29 is 14.0 Å². The Morgan fingerprint density at radius 1 is 1.04 bits per heavy atom. The molecule has 2 aromatic carbocycles. The second-order valence-electron chi connectivity index (χ2n) is 4.84. The monoisotopic (exact) mass is 380 g/mol. The lowest BCUT2D eigenvalue weighted by Crippen LogP contribution is -1.97. The lowest BCUT2D eigenvalue weighted by atomic mass is 10.1. The van der Waals surface area contributed by atoms with Crippen LogP contribution in [0.5, 0.6) is 0 Å². The molecule has 3 rings (SSSR count). The zero-order valence-electron chi connectivity index (χ0n) is 12.5. The Hall–Kier alpha value is -2.42. The van der Waals surface area contributed by atoms with E-state index in [1.165, 1.54) is 18.2 Å². The summed E-state index contributed by atoms with van der Waals surface area (Å²) < 4.78 is 30.8. The van der Waals surface area contributed by atoms with E-state index in [4.69, 9.17) is 16.8 Å². The van der Waals surface area contributed by atoms with Crippen LogP contribution in [0.4, 0.5) is 20.2 Å². The van der Waals surface area contributed by atoms with Crippen molar-refractivity contribution in [3.05, 3.63) is 65.6 Å². The lowest BCUT2D eigenvalue weighted by Gasteiger charge is -2.11. The summed E-state index contributed by atoms with van der Waals surface area (Å²) in [7, 11) is 0. The molecule has 9 heteroatoms. The van der Waals surface area contributed by atoms with E-state index in [0.29, 0.717) is 16.1 Å². The molecule has 0 unspecified atom stereocenters. The van der Waals surface area contributed by atoms with Gasteiger partial charge in [0, 0.05) is 5.56 Å². The summed E-state index contributed by atoms with van der Waals surface area (Å²) in [5.74, 6) is -1.18. The SMILES string of the molecule is ONc1ccccc1SNc1cc(-c2nc(Cl)ncc2F)ccc1F. The number of nitrogens with one attached hydrogen (secondary N) is 2. The number of hydrogen-bond donors (Lipinski definition) is 3. The van der Waals surface area contributed by atoms with E-state index in [1.807, 2.05) is 0 Å². The average molecular weight is 381 g/mol. The molecule has 0 amide bonds. The lowest BCUT2D eigenvalue weighted by molar-refractivity contribution is 0.387. The van der Waals surface area contributed by atoms with Gasteiger partial charge >= 0.3 is 0 Å². The Kier molecular flexibility index (Phi) is 5.32. The van der Waals surface area contributed by atoms with Crippen molar-refractivity contribution >= 4 is 34.9 Å². The molecule has 128 valence electrons. The second kappa shape index (κ2) is 7.64. The fourth-order valence-corrected chi connectivity index (χ4v) is 2.94. The van der Waals surface area contributed by atoms with Crippen molar-refractivity contribution in [2.75, 3.05) is 10.2 Å². The standard InChI is InChI=1S/C16H11ClF2N4OS/c17-16-20-8-11(19)15(21-16)9-5-6-10(18)13(7-9)23-25-14-4-2-1-3-12(14)22-24/h1-8,22-24H. The highest BCUT2D eigenvalue weighted by Gasteiger charge is 2.12. The van der Waals surface area contributed by atoms with Crippen LogP contribution in [0, 0.1) is 11.6 Å². The normalized spacial score (nSPS) is 10.6. The minimum atomic E-state index is -0.663. The van der Waals surface area contributed by atoms with Gasteiger partial charge < -0.3 is 4.72 Å². The van der Waals surface area contributed by atoms with Crippen molar-refractivity contribution in [2.45, 2.75) is 4.90 Å². The number of aromatic nitrogens is 2. The van der Waals surface area contributed by atoms with E-state index in [-0.39, 0.29) is 16.7 Å². The van der Waals surface area contributed by atoms with Crippen molar-refractivity contribution in [3.8, 4) is 11.3 Å². The van der Waals surface area contributed by atoms with Crippen LogP contribution in [0.3, 0.4) is 0 Å². The third-order valence-electron chi connectivity index (χ3n) is 3.23. The van der Waals surface area contributed by atoms with Crippen LogP contribution < -0.4 is 10.2 Å². The van der Waals surface area contributed by atoms with E-state index in [2.05, 4.69) is 20.2 Å². The molecule has 3 N–H and O–H groups in total. The number of halogens is 3. The molecule has 1 heterocycles. The van der Waals surface area contributed by atoms with Crippen LogP contribution in [0.1, 0.15) is 0 Å². The van der Waals surface area contributed by atoms with Gasteiger partial charge in [-0.2, -0.15) is 0 Å². The molecule has 0 bridgehead atoms. The summed E-state index contributed by atoms with van der Waals surface area (Å²) >= 11 is 6.78. The van der Waals surface area contributed by atoms with Crippen molar-refractivity contribution in [1.29, 1.82) is 0 Å². The van der Waals surface area contributed by atoms with Crippen molar-refractivity contribution in [2.24, 2.45) is 0 Å². The number of para-hydroxylation sites is 1. The molecule has 0 fully saturated rings. The summed E-state index contributed by atoms with van der Waals surface area (Å²) in [5, 5.41) is 8.98. The van der Waals surface area contributed by atoms with Crippen LogP contribution >= 0.6 is 23.5 Å². The minimum absolute atomic E-state index is 0.0227. The predicted octanol–water partition coefficient (Wildman–Crippen LogP) is 5.00. The average Bonchev–Trinajstić information content (AvgIpc) is 2.63. The molecule has 0 aliphatic rings. The number of anilines is 2. The van der Waals surface area contributed by atoms with Crippen LogP contribution in [0.25, 0.3) is 11.3 Å². The van der Waals surface area contributed by atoms with Crippen molar-refractivity contribution in [1.82, 2.24) is 9.97 Å². The van der Waals surface area contributed by atoms with Gasteiger partial charge in [0.25, 0.3) is 0 Å². The number of benzene rings is 2. The molecule has 0 aliphatic carbocycles. The van der Waals surface area contributed by atoms with E-state index < -0.39 is 11.6 Å². The molecule has 0 saturated heterocycles. The highest BCUT2D eigenvalue weighted by molar-refractivity contribution is 8.00. The quantitative estimate of drug-likeness (QED) is 0.329. The first-order valence-electron chi connectivity index (χ1n) is 6.98. The molecule has 3 aromatic rings. The molecular formula is C16H11ClF2N4OS. The smallest absolute Gasteiger partial charge is 0.223 e. The Labute approximate surface area is 151 Å². The van der Waals surface area contributed by atoms with Gasteiger partial charge in [-0.3, -0.25) is 10.7 Å². The molecule has 1 aromatic heterocycles. The predicted molar refractivity (Wildman–Crippen MR) is 93.7 cm³/mol. The summed E-state index contributed by atoms with van der Waals surface area (Å²) in [6, 6.07) is 10.9. The topological polar surface area (TPSA) is 70.1 Å². The van der Waals surface area contributed by atoms with Crippen LogP contribution in [-0.4, -0.2) is 15.2 Å². The molecule has 0 atom stereocenters. The zero-order valence-corrected chi connectivity index (χ0v) is 14.1. The van der Waals surface area contributed by atoms with Crippen LogP contribution in [-0.2, 0) is 0 Å². The second-order valence-corrected chi connectivity index (χ2v) is 6.03. The highest BCUT2D eigenvalue weighted by atomic mass is 35.5. The van der Waals surface area contributed by atoms with Gasteiger partial charge in [-0.25, -0.2) is 18.7 Å². The molecule has 0 spiro atoms. The molecule has 0 saturated carbocycles. The van der Waals surface area contributed by atoms with Gasteiger partial charge in [-0.1, -0.05) is 12.1 Å². The first-order chi connectivity index (χ1) is 12.1. The van der Waals surface area contributed by atoms with E-state index in [1.54, 1.807) is 24.3 Å². The first kappa shape index (κ1) is 17.4. The fraction of sp³-hybridized carbons (Fsp3) is 0. The van der Waals surface area contributed by atoms with Crippen molar-refractivity contribution in [3.63, 3.8) is 0 Å². The summed E-state index contributed by atoms with van der Waals surface area (Å²) in [4.78, 5) is 8.04. The Morgan fingerprint density at radius 2 is 1.84 bits per heavy atom. The maximum Gasteiger partial charge on any atom is 0.223 e. The molecule has 5 nitrogen and oxygen atoms in total. The van der Waals surface area contributed by atoms with Gasteiger partial charge in [-0.15, -0.1) is 0 Å². The van der Waals surface area contributed by atoms with Gasteiger partial charge in [0.15, 0.2) is 5.82 Å². The zero-order chi connectivity index (χ0) is 17.8. The summed E-state index contributed by atoms with van der Waals surface area (Å²) in [6.45, 7) is 0. The molecule has 0 radical (unpaired) electrons. The van der Waals surface area contributed by atoms with E-state index in [0.717, 1.165) is 18.1 Å². The van der Waals surface area contributed by atoms with E-state index in [9.17, 15) is 8.78 Å². The Bertz CT molecular complexity index is 913. The number of hydrogen-bond acceptors (Lipinski definition) is 6. The molecule has 0 aliphatic heterocycles. The summed E-state index contributed by atoms with van der Waals surface area (Å²) in [5.41, 5.74) is 2.98. The number of rotatable bonds is 5. The third-order valence-corrected chi connectivity index (χ3v) is 4.31. The van der Waals surface area contributed by atoms with Gasteiger partial charge in [0.05, 0.1) is 22.5 Å². The van der Waals surface area contributed by atoms with Gasteiger partial charge in [-0.05, 0) is 53.9 Å². The van der Waals surface area contributed by atoms with Gasteiger partial charge in [0.1, 0.15) is 11.5 Å². The molecule has 25 heavy (non-hydrogen) atoms. The third kappa shape index (κ3) is 3.98. The first-order valence-corrected chi connectivity index (χ1v) is 8.18. The largest absolute Gasteiger partial charge is 0.323 e. The minimum Gasteiger partial charge on any atom is -0.323 e. The number of nitrogens with zero attached hydrogens (tertiary/aromatic N) is 2. The fourth-order valence-electron chi connectivity index (χ4n) is 2.06. The van der Waals surface area contributed by atoms with E-state index >= 15 is 0 Å². The molecular weight excluding hydrogens is 370 g/mol. The van der Waals surface area contributed by atoms with Gasteiger partial charge in [0.2, 0.25) is 5.28 Å².